The Bertz CT molecular complexity index is 549. The Hall–Kier alpha value is -1.58. The lowest BCUT2D eigenvalue weighted by molar-refractivity contribution is 0.390. The van der Waals surface area contributed by atoms with Crippen LogP contribution in [-0.2, 0) is 0 Å². The lowest BCUT2D eigenvalue weighted by atomic mass is 9.92. The van der Waals surface area contributed by atoms with Crippen molar-refractivity contribution in [3.63, 3.8) is 0 Å². The average molecular weight is 260 g/mol. The van der Waals surface area contributed by atoms with Crippen molar-refractivity contribution in [3.05, 3.63) is 18.5 Å². The Labute approximate surface area is 115 Å². The van der Waals surface area contributed by atoms with Crippen molar-refractivity contribution < 1.29 is 0 Å². The highest BCUT2D eigenvalue weighted by molar-refractivity contribution is 5.78. The van der Waals surface area contributed by atoms with Gasteiger partial charge < -0.3 is 5.32 Å². The molecule has 0 aliphatic carbocycles. The number of anilines is 1. The van der Waals surface area contributed by atoms with E-state index in [1.165, 1.54) is 0 Å². The quantitative estimate of drug-likeness (QED) is 0.907. The smallest absolute Gasteiger partial charge is 0.158 e. The minimum absolute atomic E-state index is 0.338. The Balaban J connectivity index is 2.10. The summed E-state index contributed by atoms with van der Waals surface area (Å²) in [5, 5.41) is 8.91. The molecule has 0 atom stereocenters. The first-order valence-electron chi connectivity index (χ1n) is 6.94. The number of fused-ring (bicyclic) bond motifs is 1. The van der Waals surface area contributed by atoms with Crippen LogP contribution < -0.4 is 5.32 Å². The molecule has 0 fully saturated rings. The van der Waals surface area contributed by atoms with Gasteiger partial charge >= 0.3 is 0 Å². The third kappa shape index (κ3) is 3.46. The predicted octanol–water partition coefficient (Wildman–Crippen LogP) is 3.86. The van der Waals surface area contributed by atoms with Gasteiger partial charge in [0.25, 0.3) is 0 Å². The van der Waals surface area contributed by atoms with E-state index in [0.29, 0.717) is 11.5 Å². The molecule has 4 heteroatoms. The number of aromatic nitrogens is 3. The zero-order chi connectivity index (χ0) is 14.0. The van der Waals surface area contributed by atoms with E-state index in [-0.39, 0.29) is 0 Å². The third-order valence-electron chi connectivity index (χ3n) is 3.13. The van der Waals surface area contributed by atoms with Gasteiger partial charge in [-0.15, -0.1) is 0 Å². The predicted molar refractivity (Wildman–Crippen MR) is 80.5 cm³/mol. The van der Waals surface area contributed by atoms with E-state index in [0.717, 1.165) is 29.7 Å². The summed E-state index contributed by atoms with van der Waals surface area (Å²) in [6.45, 7) is 12.0. The molecule has 0 saturated heterocycles. The zero-order valence-electron chi connectivity index (χ0n) is 12.6. The van der Waals surface area contributed by atoms with Crippen LogP contribution in [0.25, 0.3) is 11.0 Å². The van der Waals surface area contributed by atoms with Crippen LogP contribution in [-0.4, -0.2) is 21.3 Å². The third-order valence-corrected chi connectivity index (χ3v) is 3.13. The monoisotopic (exact) mass is 260 g/mol. The second-order valence-electron chi connectivity index (χ2n) is 6.56. The SMILES string of the molecule is CC(C)n1ncc2cc(NCCC(C)(C)C)cnc21. The number of nitrogens with one attached hydrogen (secondary N) is 1. The lowest BCUT2D eigenvalue weighted by Crippen LogP contribution is -2.12. The van der Waals surface area contributed by atoms with Gasteiger partial charge in [-0.3, -0.25) is 0 Å². The van der Waals surface area contributed by atoms with E-state index < -0.39 is 0 Å². The summed E-state index contributed by atoms with van der Waals surface area (Å²) >= 11 is 0. The van der Waals surface area contributed by atoms with Gasteiger partial charge in [0.2, 0.25) is 0 Å². The summed E-state index contributed by atoms with van der Waals surface area (Å²) in [5.41, 5.74) is 2.38. The molecule has 0 aliphatic heterocycles. The van der Waals surface area contributed by atoms with Crippen molar-refractivity contribution in [1.82, 2.24) is 14.8 Å². The molecular formula is C15H24N4. The molecule has 1 N–H and O–H groups in total. The normalized spacial score (nSPS) is 12.3. The highest BCUT2D eigenvalue weighted by atomic mass is 15.3. The van der Waals surface area contributed by atoms with Gasteiger partial charge in [0.05, 0.1) is 18.1 Å². The van der Waals surface area contributed by atoms with Crippen LogP contribution in [0.15, 0.2) is 18.5 Å². The first-order valence-corrected chi connectivity index (χ1v) is 6.94. The van der Waals surface area contributed by atoms with E-state index in [2.05, 4.69) is 56.1 Å². The molecule has 19 heavy (non-hydrogen) atoms. The van der Waals surface area contributed by atoms with Crippen LogP contribution in [0, 0.1) is 5.41 Å². The molecule has 0 aliphatic rings. The molecule has 0 unspecified atom stereocenters. The van der Waals surface area contributed by atoms with Crippen molar-refractivity contribution in [2.45, 2.75) is 47.1 Å². The van der Waals surface area contributed by atoms with E-state index in [1.54, 1.807) is 0 Å². The maximum absolute atomic E-state index is 4.52. The lowest BCUT2D eigenvalue weighted by Gasteiger charge is -2.18. The summed E-state index contributed by atoms with van der Waals surface area (Å²) in [4.78, 5) is 4.52. The first kappa shape index (κ1) is 13.8. The summed E-state index contributed by atoms with van der Waals surface area (Å²) < 4.78 is 1.95. The number of hydrogen-bond acceptors (Lipinski definition) is 3. The first-order chi connectivity index (χ1) is 8.87. The standard InChI is InChI=1S/C15H24N4/c1-11(2)19-14-12(9-18-19)8-13(10-17-14)16-7-6-15(3,4)5/h8-11,16H,6-7H2,1-5H3. The van der Waals surface area contributed by atoms with Gasteiger partial charge in [0.15, 0.2) is 5.65 Å². The number of rotatable bonds is 4. The van der Waals surface area contributed by atoms with Gasteiger partial charge in [-0.05, 0) is 31.7 Å². The summed E-state index contributed by atoms with van der Waals surface area (Å²) in [6, 6.07) is 2.46. The summed E-state index contributed by atoms with van der Waals surface area (Å²) in [5.74, 6) is 0. The van der Waals surface area contributed by atoms with Gasteiger partial charge in [-0.2, -0.15) is 5.10 Å². The molecule has 2 rings (SSSR count). The Morgan fingerprint density at radius 1 is 1.26 bits per heavy atom. The molecule has 0 saturated carbocycles. The minimum Gasteiger partial charge on any atom is -0.384 e. The Morgan fingerprint density at radius 3 is 2.63 bits per heavy atom. The molecule has 2 heterocycles. The highest BCUT2D eigenvalue weighted by Gasteiger charge is 2.10. The molecule has 0 spiro atoms. The molecule has 0 aromatic carbocycles. The van der Waals surface area contributed by atoms with Crippen molar-refractivity contribution in [3.8, 4) is 0 Å². The van der Waals surface area contributed by atoms with Gasteiger partial charge in [-0.1, -0.05) is 20.8 Å². The molecular weight excluding hydrogens is 236 g/mol. The second-order valence-corrected chi connectivity index (χ2v) is 6.56. The number of pyridine rings is 1. The Morgan fingerprint density at radius 2 is 2.00 bits per heavy atom. The van der Waals surface area contributed by atoms with Crippen LogP contribution in [0.3, 0.4) is 0 Å². The molecule has 0 radical (unpaired) electrons. The van der Waals surface area contributed by atoms with Crippen molar-refractivity contribution in [2.24, 2.45) is 5.41 Å². The van der Waals surface area contributed by atoms with E-state index >= 15 is 0 Å². The van der Waals surface area contributed by atoms with Crippen LogP contribution in [0.2, 0.25) is 0 Å². The van der Waals surface area contributed by atoms with Crippen LogP contribution in [0.5, 0.6) is 0 Å². The largest absolute Gasteiger partial charge is 0.384 e. The molecule has 0 amide bonds. The van der Waals surface area contributed by atoms with E-state index in [1.807, 2.05) is 17.1 Å². The maximum atomic E-state index is 4.52. The van der Waals surface area contributed by atoms with Crippen molar-refractivity contribution >= 4 is 16.7 Å². The second kappa shape index (κ2) is 5.19. The van der Waals surface area contributed by atoms with E-state index in [4.69, 9.17) is 0 Å². The van der Waals surface area contributed by atoms with Crippen LogP contribution in [0.1, 0.15) is 47.1 Å². The topological polar surface area (TPSA) is 42.7 Å². The van der Waals surface area contributed by atoms with Crippen molar-refractivity contribution in [2.75, 3.05) is 11.9 Å². The molecule has 2 aromatic rings. The average Bonchev–Trinajstić information content (AvgIpc) is 2.70. The van der Waals surface area contributed by atoms with Gasteiger partial charge in [-0.25, -0.2) is 9.67 Å². The number of nitrogens with zero attached hydrogens (tertiary/aromatic N) is 3. The van der Waals surface area contributed by atoms with Crippen LogP contribution >= 0.6 is 0 Å². The summed E-state index contributed by atoms with van der Waals surface area (Å²) in [6.07, 6.45) is 4.92. The maximum Gasteiger partial charge on any atom is 0.158 e. The van der Waals surface area contributed by atoms with Gasteiger partial charge in [0.1, 0.15) is 0 Å². The molecule has 2 aromatic heterocycles. The number of hydrogen-bond donors (Lipinski definition) is 1. The van der Waals surface area contributed by atoms with Crippen LogP contribution in [0.4, 0.5) is 5.69 Å². The fraction of sp³-hybridized carbons (Fsp3) is 0.600. The molecule has 4 nitrogen and oxygen atoms in total. The van der Waals surface area contributed by atoms with E-state index in [9.17, 15) is 0 Å². The fourth-order valence-electron chi connectivity index (χ4n) is 2.00. The van der Waals surface area contributed by atoms with Crippen molar-refractivity contribution in [1.29, 1.82) is 0 Å². The fourth-order valence-corrected chi connectivity index (χ4v) is 2.00. The van der Waals surface area contributed by atoms with Gasteiger partial charge in [0, 0.05) is 18.0 Å². The Kier molecular flexibility index (Phi) is 3.78. The minimum atomic E-state index is 0.338. The highest BCUT2D eigenvalue weighted by Crippen LogP contribution is 2.21. The molecule has 0 bridgehead atoms. The summed E-state index contributed by atoms with van der Waals surface area (Å²) in [7, 11) is 0. The zero-order valence-corrected chi connectivity index (χ0v) is 12.6. The molecule has 104 valence electrons.